The van der Waals surface area contributed by atoms with Crippen LogP contribution in [0.5, 0.6) is 5.75 Å². The van der Waals surface area contributed by atoms with Crippen molar-refractivity contribution in [3.63, 3.8) is 0 Å². The van der Waals surface area contributed by atoms with Crippen LogP contribution in [0, 0.1) is 0 Å². The highest BCUT2D eigenvalue weighted by molar-refractivity contribution is 6.12. The lowest BCUT2D eigenvalue weighted by Crippen LogP contribution is -2.12. The molecule has 27 heavy (non-hydrogen) atoms. The minimum Gasteiger partial charge on any atom is -0.487 e. The number of carbonyl (C=O) groups excluding carboxylic acids is 1. The number of nitrogens with one attached hydrogen (secondary N) is 1. The highest BCUT2D eigenvalue weighted by atomic mass is 16.5. The van der Waals surface area contributed by atoms with Crippen molar-refractivity contribution in [3.8, 4) is 5.75 Å². The number of aromatic nitrogens is 2. The molecule has 1 N–H and O–H groups in total. The van der Waals surface area contributed by atoms with Crippen LogP contribution in [0.1, 0.15) is 16.1 Å². The molecule has 5 nitrogen and oxygen atoms in total. The summed E-state index contributed by atoms with van der Waals surface area (Å²) >= 11 is 0. The van der Waals surface area contributed by atoms with Gasteiger partial charge in [0, 0.05) is 35.1 Å². The van der Waals surface area contributed by atoms with Gasteiger partial charge < -0.3 is 10.1 Å². The zero-order chi connectivity index (χ0) is 18.5. The van der Waals surface area contributed by atoms with Crippen LogP contribution in [0.4, 0.5) is 5.69 Å². The van der Waals surface area contributed by atoms with Crippen LogP contribution in [-0.2, 0) is 6.61 Å². The Kier molecular flexibility index (Phi) is 4.74. The first-order chi connectivity index (χ1) is 13.3. The van der Waals surface area contributed by atoms with Crippen molar-refractivity contribution >= 4 is 22.5 Å². The number of hydrogen-bond donors (Lipinski definition) is 1. The highest BCUT2D eigenvalue weighted by Crippen LogP contribution is 2.21. The van der Waals surface area contributed by atoms with Crippen molar-refractivity contribution < 1.29 is 9.53 Å². The van der Waals surface area contributed by atoms with Crippen molar-refractivity contribution in [2.45, 2.75) is 6.61 Å². The van der Waals surface area contributed by atoms with Crippen molar-refractivity contribution in [3.05, 3.63) is 96.4 Å². The van der Waals surface area contributed by atoms with Gasteiger partial charge in [-0.2, -0.15) is 0 Å². The SMILES string of the molecule is O=C(Nc1cccc(OCc2ccccn2)c1)c1cccc2ncccc12. The Morgan fingerprint density at radius 3 is 2.67 bits per heavy atom. The molecule has 5 heteroatoms. The molecule has 2 aromatic heterocycles. The number of carbonyl (C=O) groups is 1. The smallest absolute Gasteiger partial charge is 0.256 e. The van der Waals surface area contributed by atoms with E-state index >= 15 is 0 Å². The second-order valence-electron chi connectivity index (χ2n) is 5.97. The summed E-state index contributed by atoms with van der Waals surface area (Å²) in [4.78, 5) is 21.3. The van der Waals surface area contributed by atoms with Gasteiger partial charge in [0.2, 0.25) is 0 Å². The van der Waals surface area contributed by atoms with E-state index in [4.69, 9.17) is 4.74 Å². The molecular formula is C22H17N3O2. The Labute approximate surface area is 156 Å². The Balaban J connectivity index is 1.50. The molecule has 0 aliphatic heterocycles. The number of rotatable bonds is 5. The highest BCUT2D eigenvalue weighted by Gasteiger charge is 2.11. The van der Waals surface area contributed by atoms with E-state index in [1.165, 1.54) is 0 Å². The summed E-state index contributed by atoms with van der Waals surface area (Å²) in [5.74, 6) is 0.480. The van der Waals surface area contributed by atoms with E-state index in [0.717, 1.165) is 16.6 Å². The fourth-order valence-electron chi connectivity index (χ4n) is 2.80. The second-order valence-corrected chi connectivity index (χ2v) is 5.97. The molecule has 4 rings (SSSR count). The summed E-state index contributed by atoms with van der Waals surface area (Å²) in [7, 11) is 0. The number of anilines is 1. The number of benzene rings is 2. The number of hydrogen-bond acceptors (Lipinski definition) is 4. The van der Waals surface area contributed by atoms with E-state index in [1.54, 1.807) is 24.5 Å². The molecule has 0 aliphatic carbocycles. The molecule has 0 spiro atoms. The van der Waals surface area contributed by atoms with Crippen LogP contribution in [0.3, 0.4) is 0 Å². The lowest BCUT2D eigenvalue weighted by Gasteiger charge is -2.10. The minimum atomic E-state index is -0.185. The molecule has 4 aromatic rings. The zero-order valence-electron chi connectivity index (χ0n) is 14.5. The average Bonchev–Trinajstić information content (AvgIpc) is 2.73. The number of pyridine rings is 2. The molecule has 132 valence electrons. The Morgan fingerprint density at radius 1 is 0.889 bits per heavy atom. The van der Waals surface area contributed by atoms with Gasteiger partial charge in [-0.15, -0.1) is 0 Å². The summed E-state index contributed by atoms with van der Waals surface area (Å²) in [6, 6.07) is 22.2. The van der Waals surface area contributed by atoms with E-state index in [1.807, 2.05) is 60.7 Å². The topological polar surface area (TPSA) is 64.1 Å². The summed E-state index contributed by atoms with van der Waals surface area (Å²) in [6.07, 6.45) is 3.45. The Hall–Kier alpha value is -3.73. The fourth-order valence-corrected chi connectivity index (χ4v) is 2.80. The van der Waals surface area contributed by atoms with E-state index in [9.17, 15) is 4.79 Å². The predicted octanol–water partition coefficient (Wildman–Crippen LogP) is 4.46. The first-order valence-electron chi connectivity index (χ1n) is 8.57. The van der Waals surface area contributed by atoms with Gasteiger partial charge in [-0.1, -0.05) is 24.3 Å². The number of nitrogens with zero attached hydrogens (tertiary/aromatic N) is 2. The first-order valence-corrected chi connectivity index (χ1v) is 8.57. The molecule has 0 saturated heterocycles. The molecule has 2 aromatic carbocycles. The molecule has 1 amide bonds. The van der Waals surface area contributed by atoms with Gasteiger partial charge in [0.05, 0.1) is 11.2 Å². The molecular weight excluding hydrogens is 338 g/mol. The third-order valence-electron chi connectivity index (χ3n) is 4.10. The van der Waals surface area contributed by atoms with Crippen molar-refractivity contribution in [1.29, 1.82) is 0 Å². The van der Waals surface area contributed by atoms with Gasteiger partial charge in [-0.25, -0.2) is 0 Å². The van der Waals surface area contributed by atoms with Crippen molar-refractivity contribution in [2.75, 3.05) is 5.32 Å². The minimum absolute atomic E-state index is 0.185. The molecule has 0 aliphatic rings. The molecule has 0 atom stereocenters. The van der Waals surface area contributed by atoms with Crippen LogP contribution in [0.2, 0.25) is 0 Å². The standard InChI is InChI=1S/C22H17N3O2/c26-22(20-9-4-11-21-19(20)10-5-13-24-21)25-16-7-3-8-18(14-16)27-15-17-6-1-2-12-23-17/h1-14H,15H2,(H,25,26). The maximum atomic E-state index is 12.7. The van der Waals surface area contributed by atoms with Gasteiger partial charge in [0.15, 0.2) is 0 Å². The molecule has 2 heterocycles. The third kappa shape index (κ3) is 3.93. The van der Waals surface area contributed by atoms with Crippen LogP contribution >= 0.6 is 0 Å². The van der Waals surface area contributed by atoms with Gasteiger partial charge in [-0.3, -0.25) is 14.8 Å². The summed E-state index contributed by atoms with van der Waals surface area (Å²) in [6.45, 7) is 0.368. The van der Waals surface area contributed by atoms with Crippen molar-refractivity contribution in [1.82, 2.24) is 9.97 Å². The van der Waals surface area contributed by atoms with E-state index in [2.05, 4.69) is 15.3 Å². The van der Waals surface area contributed by atoms with Gasteiger partial charge >= 0.3 is 0 Å². The molecule has 0 fully saturated rings. The normalized spacial score (nSPS) is 10.5. The lowest BCUT2D eigenvalue weighted by atomic mass is 10.1. The summed E-state index contributed by atoms with van der Waals surface area (Å²) < 4.78 is 5.77. The second kappa shape index (κ2) is 7.66. The Morgan fingerprint density at radius 2 is 1.78 bits per heavy atom. The zero-order valence-corrected chi connectivity index (χ0v) is 14.5. The number of amides is 1. The van der Waals surface area contributed by atoms with Gasteiger partial charge in [0.1, 0.15) is 12.4 Å². The van der Waals surface area contributed by atoms with E-state index < -0.39 is 0 Å². The first kappa shape index (κ1) is 16.7. The molecule has 0 bridgehead atoms. The largest absolute Gasteiger partial charge is 0.487 e. The van der Waals surface area contributed by atoms with Crippen LogP contribution in [-0.4, -0.2) is 15.9 Å². The summed E-state index contributed by atoms with van der Waals surface area (Å²) in [5.41, 5.74) is 2.88. The number of fused-ring (bicyclic) bond motifs is 1. The number of ether oxygens (including phenoxy) is 1. The van der Waals surface area contributed by atoms with E-state index in [-0.39, 0.29) is 5.91 Å². The van der Waals surface area contributed by atoms with Crippen molar-refractivity contribution in [2.24, 2.45) is 0 Å². The van der Waals surface area contributed by atoms with Crippen LogP contribution in [0.15, 0.2) is 85.2 Å². The van der Waals surface area contributed by atoms with Crippen LogP contribution in [0.25, 0.3) is 10.9 Å². The van der Waals surface area contributed by atoms with E-state index in [0.29, 0.717) is 23.6 Å². The Bertz CT molecular complexity index is 1080. The maximum Gasteiger partial charge on any atom is 0.256 e. The lowest BCUT2D eigenvalue weighted by molar-refractivity contribution is 0.102. The summed E-state index contributed by atoms with van der Waals surface area (Å²) in [5, 5.41) is 3.75. The average molecular weight is 355 g/mol. The molecule has 0 unspecified atom stereocenters. The van der Waals surface area contributed by atoms with Gasteiger partial charge in [0.25, 0.3) is 5.91 Å². The molecule has 0 saturated carbocycles. The maximum absolute atomic E-state index is 12.7. The fraction of sp³-hybridized carbons (Fsp3) is 0.0455. The van der Waals surface area contributed by atoms with Gasteiger partial charge in [-0.05, 0) is 42.5 Å². The third-order valence-corrected chi connectivity index (χ3v) is 4.10. The molecule has 0 radical (unpaired) electrons. The monoisotopic (exact) mass is 355 g/mol. The quantitative estimate of drug-likeness (QED) is 0.574. The predicted molar refractivity (Wildman–Crippen MR) is 105 cm³/mol. The van der Waals surface area contributed by atoms with Crippen LogP contribution < -0.4 is 10.1 Å².